The molecule has 4 rings (SSSR count). The molecule has 8 nitrogen and oxygen atoms in total. The molecule has 37 heavy (non-hydrogen) atoms. The first-order chi connectivity index (χ1) is 17.7. The van der Waals surface area contributed by atoms with Gasteiger partial charge < -0.3 is 25.4 Å². The summed E-state index contributed by atoms with van der Waals surface area (Å²) in [6, 6.07) is 13.0. The van der Waals surface area contributed by atoms with E-state index >= 15 is 0 Å². The predicted octanol–water partition coefficient (Wildman–Crippen LogP) is 5.21. The molecule has 4 N–H and O–H groups in total. The van der Waals surface area contributed by atoms with Crippen molar-refractivity contribution in [3.63, 3.8) is 0 Å². The van der Waals surface area contributed by atoms with E-state index in [4.69, 9.17) is 11.6 Å². The number of amides is 2. The van der Waals surface area contributed by atoms with Gasteiger partial charge in [0.05, 0.1) is 19.0 Å². The number of benzene rings is 2. The Morgan fingerprint density at radius 3 is 2.51 bits per heavy atom. The van der Waals surface area contributed by atoms with Crippen molar-refractivity contribution in [2.75, 3.05) is 5.32 Å². The summed E-state index contributed by atoms with van der Waals surface area (Å²) >= 11 is 6.33. The summed E-state index contributed by atoms with van der Waals surface area (Å²) in [6.07, 6.45) is 1.63. The molecule has 0 saturated carbocycles. The topological polar surface area (TPSA) is 121 Å². The lowest BCUT2D eigenvalue weighted by atomic mass is 9.96. The van der Waals surface area contributed by atoms with Crippen LogP contribution in [0.15, 0.2) is 53.3 Å². The number of hydrogen-bond donors (Lipinski definition) is 4. The lowest BCUT2D eigenvalue weighted by Gasteiger charge is -2.21. The van der Waals surface area contributed by atoms with Crippen LogP contribution >= 0.6 is 11.6 Å². The van der Waals surface area contributed by atoms with Gasteiger partial charge in [0.2, 0.25) is 0 Å². The Morgan fingerprint density at radius 1 is 1.08 bits per heavy atom. The van der Waals surface area contributed by atoms with E-state index in [0.717, 1.165) is 23.2 Å². The number of nitrogens with one attached hydrogen (secondary N) is 2. The number of rotatable bonds is 8. The fourth-order valence-electron chi connectivity index (χ4n) is 4.74. The first-order valence-electron chi connectivity index (χ1n) is 12.3. The molecule has 0 fully saturated rings. The number of aliphatic carboxylic acids is 1. The van der Waals surface area contributed by atoms with Crippen LogP contribution in [-0.4, -0.2) is 26.8 Å². The average molecular weight is 524 g/mol. The summed E-state index contributed by atoms with van der Waals surface area (Å²) in [7, 11) is 0. The fraction of sp³-hybridized carbons (Fsp3) is 0.321. The number of carbonyl (C=O) groups excluding carboxylic acids is 1. The van der Waals surface area contributed by atoms with Crippen LogP contribution in [0.3, 0.4) is 0 Å². The number of anilines is 1. The molecule has 0 spiro atoms. The molecule has 1 heterocycles. The van der Waals surface area contributed by atoms with Crippen molar-refractivity contribution in [2.24, 2.45) is 0 Å². The molecule has 1 aliphatic rings. The molecule has 1 aromatic heterocycles. The Bertz CT molecular complexity index is 1400. The minimum absolute atomic E-state index is 0.195. The number of carboxylic acids is 1. The quantitative estimate of drug-likeness (QED) is 0.323. The molecule has 3 aromatic rings. The molecular weight excluding hydrogens is 494 g/mol. The summed E-state index contributed by atoms with van der Waals surface area (Å²) in [6.45, 7) is 4.24. The molecule has 0 aliphatic heterocycles. The highest BCUT2D eigenvalue weighted by molar-refractivity contribution is 6.31. The molecule has 1 atom stereocenters. The Hall–Kier alpha value is -3.78. The third-order valence-corrected chi connectivity index (χ3v) is 7.05. The Morgan fingerprint density at radius 2 is 1.81 bits per heavy atom. The number of carbonyl (C=O) groups is 2. The maximum atomic E-state index is 13.5. The van der Waals surface area contributed by atoms with Gasteiger partial charge >= 0.3 is 12.0 Å². The molecule has 194 valence electrons. The zero-order valence-electron chi connectivity index (χ0n) is 20.8. The van der Waals surface area contributed by atoms with Crippen LogP contribution in [0.2, 0.25) is 5.02 Å². The molecule has 2 aromatic carbocycles. The van der Waals surface area contributed by atoms with Crippen molar-refractivity contribution < 1.29 is 19.8 Å². The van der Waals surface area contributed by atoms with Crippen LogP contribution < -0.4 is 16.2 Å². The third-order valence-electron chi connectivity index (χ3n) is 6.68. The van der Waals surface area contributed by atoms with Crippen molar-refractivity contribution in [1.29, 1.82) is 0 Å². The number of pyridine rings is 1. The molecule has 9 heteroatoms. The van der Waals surface area contributed by atoms with Gasteiger partial charge in [-0.3, -0.25) is 9.59 Å². The molecule has 0 unspecified atom stereocenters. The van der Waals surface area contributed by atoms with E-state index in [9.17, 15) is 24.6 Å². The molecular formula is C28H30ClN3O5. The second kappa shape index (κ2) is 11.1. The number of urea groups is 1. The van der Waals surface area contributed by atoms with Gasteiger partial charge in [0.1, 0.15) is 5.75 Å². The van der Waals surface area contributed by atoms with Gasteiger partial charge in [0.25, 0.3) is 5.56 Å². The normalized spacial score (nSPS) is 13.3. The molecule has 1 aliphatic carbocycles. The molecule has 0 radical (unpaired) electrons. The molecule has 0 bridgehead atoms. The highest BCUT2D eigenvalue weighted by Crippen LogP contribution is 2.34. The molecule has 2 amide bonds. The van der Waals surface area contributed by atoms with E-state index in [1.54, 1.807) is 22.8 Å². The van der Waals surface area contributed by atoms with Crippen LogP contribution in [0, 0.1) is 0 Å². The van der Waals surface area contributed by atoms with E-state index in [1.807, 2.05) is 44.2 Å². The maximum absolute atomic E-state index is 13.5. The van der Waals surface area contributed by atoms with Gasteiger partial charge in [-0.25, -0.2) is 4.79 Å². The van der Waals surface area contributed by atoms with Crippen molar-refractivity contribution in [1.82, 2.24) is 9.88 Å². The van der Waals surface area contributed by atoms with E-state index in [0.29, 0.717) is 29.0 Å². The van der Waals surface area contributed by atoms with E-state index in [-0.39, 0.29) is 30.3 Å². The SMILES string of the molecule is CC(C)c1cccc([C@H](CC(=O)O)NC(=O)Nc2c(O)c3c(n(Cc4ccccc4Cl)c2=O)CCC3)c1. The lowest BCUT2D eigenvalue weighted by Crippen LogP contribution is -2.37. The summed E-state index contributed by atoms with van der Waals surface area (Å²) in [5.41, 5.74) is 2.94. The zero-order valence-corrected chi connectivity index (χ0v) is 21.5. The average Bonchev–Trinajstić information content (AvgIpc) is 3.35. The second-order valence-electron chi connectivity index (χ2n) is 9.56. The first kappa shape index (κ1) is 26.3. The summed E-state index contributed by atoms with van der Waals surface area (Å²) in [5.74, 6) is -1.11. The van der Waals surface area contributed by atoms with E-state index in [2.05, 4.69) is 10.6 Å². The van der Waals surface area contributed by atoms with Gasteiger partial charge in [-0.05, 0) is 47.9 Å². The number of aromatic nitrogens is 1. The standard InChI is InChI=1S/C28H30ClN3O5/c1-16(2)17-8-5-9-18(13-17)22(14-24(33)34)30-28(37)31-25-26(35)20-10-6-12-23(20)32(27(25)36)15-19-7-3-4-11-21(19)29/h3-5,7-9,11,13,16,22,35H,6,10,12,14-15H2,1-2H3,(H,33,34)(H2,30,31,37)/t22-/m0/s1. The summed E-state index contributed by atoms with van der Waals surface area (Å²) in [4.78, 5) is 38.1. The second-order valence-corrected chi connectivity index (χ2v) is 9.97. The number of carboxylic acid groups (broad SMARTS) is 1. The number of fused-ring (bicyclic) bond motifs is 1. The van der Waals surface area contributed by atoms with Crippen LogP contribution in [0.5, 0.6) is 5.75 Å². The predicted molar refractivity (Wildman–Crippen MR) is 143 cm³/mol. The third kappa shape index (κ3) is 5.80. The zero-order chi connectivity index (χ0) is 26.7. The summed E-state index contributed by atoms with van der Waals surface area (Å²) < 4.78 is 1.54. The van der Waals surface area contributed by atoms with Crippen molar-refractivity contribution in [3.05, 3.63) is 91.9 Å². The maximum Gasteiger partial charge on any atom is 0.319 e. The van der Waals surface area contributed by atoms with Gasteiger partial charge in [-0.2, -0.15) is 0 Å². The molecule has 0 saturated heterocycles. The minimum Gasteiger partial charge on any atom is -0.505 e. The van der Waals surface area contributed by atoms with Gasteiger partial charge in [0.15, 0.2) is 5.69 Å². The van der Waals surface area contributed by atoms with E-state index in [1.165, 1.54) is 0 Å². The Kier molecular flexibility index (Phi) is 7.88. The Balaban J connectivity index is 1.65. The highest BCUT2D eigenvalue weighted by atomic mass is 35.5. The lowest BCUT2D eigenvalue weighted by molar-refractivity contribution is -0.137. The monoisotopic (exact) mass is 523 g/mol. The summed E-state index contributed by atoms with van der Waals surface area (Å²) in [5, 5.41) is 26.0. The number of halogens is 1. The van der Waals surface area contributed by atoms with Gasteiger partial charge in [0, 0.05) is 16.3 Å². The van der Waals surface area contributed by atoms with E-state index < -0.39 is 23.6 Å². The van der Waals surface area contributed by atoms with Crippen molar-refractivity contribution >= 4 is 29.3 Å². The number of hydrogen-bond acceptors (Lipinski definition) is 4. The number of aromatic hydroxyl groups is 1. The fourth-order valence-corrected chi connectivity index (χ4v) is 4.93. The smallest absolute Gasteiger partial charge is 0.319 e. The number of nitrogens with zero attached hydrogens (tertiary/aromatic N) is 1. The van der Waals surface area contributed by atoms with Crippen LogP contribution in [0.4, 0.5) is 10.5 Å². The van der Waals surface area contributed by atoms with Gasteiger partial charge in [-0.15, -0.1) is 0 Å². The highest BCUT2D eigenvalue weighted by Gasteiger charge is 2.27. The van der Waals surface area contributed by atoms with Crippen molar-refractivity contribution in [2.45, 2.75) is 58.0 Å². The van der Waals surface area contributed by atoms with Gasteiger partial charge in [-0.1, -0.05) is 67.9 Å². The Labute approximate surface area is 219 Å². The van der Waals surface area contributed by atoms with Crippen LogP contribution in [0.25, 0.3) is 0 Å². The first-order valence-corrected chi connectivity index (χ1v) is 12.6. The minimum atomic E-state index is -1.08. The van der Waals surface area contributed by atoms with Crippen molar-refractivity contribution in [3.8, 4) is 5.75 Å². The van der Waals surface area contributed by atoms with Crippen LogP contribution in [-0.2, 0) is 24.2 Å². The van der Waals surface area contributed by atoms with Crippen LogP contribution in [0.1, 0.15) is 66.6 Å². The largest absolute Gasteiger partial charge is 0.505 e.